The van der Waals surface area contributed by atoms with E-state index in [0.29, 0.717) is 31.8 Å². The SMILES string of the molecule is CN(C1CCOCC1)S(=O)(=O)c1ccc(CCl)o1. The van der Waals surface area contributed by atoms with Gasteiger partial charge >= 0.3 is 0 Å². The van der Waals surface area contributed by atoms with Crippen molar-refractivity contribution in [1.82, 2.24) is 4.31 Å². The van der Waals surface area contributed by atoms with Gasteiger partial charge in [0, 0.05) is 26.3 Å². The van der Waals surface area contributed by atoms with Gasteiger partial charge in [-0.1, -0.05) is 0 Å². The van der Waals surface area contributed by atoms with Crippen molar-refractivity contribution in [3.8, 4) is 0 Å². The van der Waals surface area contributed by atoms with Gasteiger partial charge in [0.05, 0.1) is 5.88 Å². The van der Waals surface area contributed by atoms with Gasteiger partial charge in [-0.2, -0.15) is 4.31 Å². The first-order valence-corrected chi connectivity index (χ1v) is 7.73. The molecule has 1 aliphatic heterocycles. The van der Waals surface area contributed by atoms with E-state index in [-0.39, 0.29) is 17.0 Å². The van der Waals surface area contributed by atoms with E-state index >= 15 is 0 Å². The summed E-state index contributed by atoms with van der Waals surface area (Å²) in [5.41, 5.74) is 0. The molecule has 1 saturated heterocycles. The summed E-state index contributed by atoms with van der Waals surface area (Å²) in [5.74, 6) is 0.617. The van der Waals surface area contributed by atoms with Crippen LogP contribution in [0.1, 0.15) is 18.6 Å². The lowest BCUT2D eigenvalue weighted by atomic mass is 10.1. The molecule has 0 aliphatic carbocycles. The second kappa shape index (κ2) is 5.61. The Kier molecular flexibility index (Phi) is 4.32. The number of ether oxygens (including phenoxy) is 1. The molecular formula is C11H16ClNO4S. The van der Waals surface area contributed by atoms with Gasteiger partial charge in [0.25, 0.3) is 10.0 Å². The average molecular weight is 294 g/mol. The fourth-order valence-electron chi connectivity index (χ4n) is 1.96. The van der Waals surface area contributed by atoms with Crippen LogP contribution in [0.5, 0.6) is 0 Å². The molecule has 0 aromatic carbocycles. The van der Waals surface area contributed by atoms with Crippen molar-refractivity contribution < 1.29 is 17.6 Å². The van der Waals surface area contributed by atoms with Gasteiger partial charge < -0.3 is 9.15 Å². The molecule has 18 heavy (non-hydrogen) atoms. The van der Waals surface area contributed by atoms with Crippen LogP contribution in [0.15, 0.2) is 21.6 Å². The zero-order chi connectivity index (χ0) is 13.2. The topological polar surface area (TPSA) is 59.8 Å². The van der Waals surface area contributed by atoms with Crippen molar-refractivity contribution >= 4 is 21.6 Å². The lowest BCUT2D eigenvalue weighted by Crippen LogP contribution is -2.40. The highest BCUT2D eigenvalue weighted by Gasteiger charge is 2.31. The summed E-state index contributed by atoms with van der Waals surface area (Å²) >= 11 is 5.60. The van der Waals surface area contributed by atoms with E-state index in [9.17, 15) is 8.42 Å². The van der Waals surface area contributed by atoms with Crippen molar-refractivity contribution in [3.05, 3.63) is 17.9 Å². The first kappa shape index (κ1) is 13.9. The number of sulfonamides is 1. The molecule has 1 fully saturated rings. The first-order chi connectivity index (χ1) is 8.55. The Morgan fingerprint density at radius 2 is 2.06 bits per heavy atom. The van der Waals surface area contributed by atoms with Crippen molar-refractivity contribution in [3.63, 3.8) is 0 Å². The van der Waals surface area contributed by atoms with Crippen LogP contribution in [0.25, 0.3) is 0 Å². The van der Waals surface area contributed by atoms with E-state index in [1.54, 1.807) is 13.1 Å². The normalized spacial score (nSPS) is 18.4. The molecule has 2 rings (SSSR count). The molecule has 7 heteroatoms. The van der Waals surface area contributed by atoms with Crippen LogP contribution >= 0.6 is 11.6 Å². The number of hydrogen-bond acceptors (Lipinski definition) is 4. The molecule has 1 aromatic heterocycles. The quantitative estimate of drug-likeness (QED) is 0.795. The van der Waals surface area contributed by atoms with E-state index in [1.807, 2.05) is 0 Å². The third kappa shape index (κ3) is 2.71. The highest BCUT2D eigenvalue weighted by molar-refractivity contribution is 7.89. The van der Waals surface area contributed by atoms with Crippen LogP contribution in [0.3, 0.4) is 0 Å². The second-order valence-corrected chi connectivity index (χ2v) is 6.41. The molecule has 0 spiro atoms. The largest absolute Gasteiger partial charge is 0.447 e. The zero-order valence-corrected chi connectivity index (χ0v) is 11.7. The van der Waals surface area contributed by atoms with Crippen molar-refractivity contribution in [1.29, 1.82) is 0 Å². The number of rotatable bonds is 4. The molecule has 0 unspecified atom stereocenters. The van der Waals surface area contributed by atoms with Gasteiger partial charge in [-0.05, 0) is 25.0 Å². The fraction of sp³-hybridized carbons (Fsp3) is 0.636. The monoisotopic (exact) mass is 293 g/mol. The van der Waals surface area contributed by atoms with Crippen LogP contribution in [0.2, 0.25) is 0 Å². The summed E-state index contributed by atoms with van der Waals surface area (Å²) in [6.07, 6.45) is 1.41. The summed E-state index contributed by atoms with van der Waals surface area (Å²) in [6.45, 7) is 1.19. The second-order valence-electron chi connectivity index (χ2n) is 4.22. The van der Waals surface area contributed by atoms with Crippen molar-refractivity contribution in [2.45, 2.75) is 29.9 Å². The maximum Gasteiger partial charge on any atom is 0.276 e. The molecule has 102 valence electrons. The predicted octanol–water partition coefficient (Wildman–Crippen LogP) is 1.82. The molecule has 1 aliphatic rings. The summed E-state index contributed by atoms with van der Waals surface area (Å²) in [5, 5.41) is -0.0489. The van der Waals surface area contributed by atoms with Gasteiger partial charge in [-0.15, -0.1) is 11.6 Å². The van der Waals surface area contributed by atoms with Crippen LogP contribution in [0.4, 0.5) is 0 Å². The third-order valence-electron chi connectivity index (χ3n) is 3.11. The summed E-state index contributed by atoms with van der Waals surface area (Å²) in [6, 6.07) is 2.99. The fourth-order valence-corrected chi connectivity index (χ4v) is 3.44. The predicted molar refractivity (Wildman–Crippen MR) is 67.1 cm³/mol. The number of halogens is 1. The van der Waals surface area contributed by atoms with Gasteiger partial charge in [-0.3, -0.25) is 0 Å². The van der Waals surface area contributed by atoms with E-state index < -0.39 is 10.0 Å². The van der Waals surface area contributed by atoms with Crippen LogP contribution < -0.4 is 0 Å². The molecule has 0 atom stereocenters. The molecule has 5 nitrogen and oxygen atoms in total. The Labute approximate surface area is 112 Å². The van der Waals surface area contributed by atoms with Gasteiger partial charge in [0.15, 0.2) is 0 Å². The van der Waals surface area contributed by atoms with Gasteiger partial charge in [0.1, 0.15) is 5.76 Å². The third-order valence-corrected chi connectivity index (χ3v) is 5.15. The Bertz CT molecular complexity index is 493. The summed E-state index contributed by atoms with van der Waals surface area (Å²) < 4.78 is 36.4. The molecule has 2 heterocycles. The van der Waals surface area contributed by atoms with Crippen LogP contribution in [-0.4, -0.2) is 39.0 Å². The Balaban J connectivity index is 2.18. The Hall–Kier alpha value is -0.560. The van der Waals surface area contributed by atoms with Crippen LogP contribution in [-0.2, 0) is 20.6 Å². The van der Waals surface area contributed by atoms with Gasteiger partial charge in [-0.25, -0.2) is 8.42 Å². The molecule has 1 aromatic rings. The number of furan rings is 1. The maximum absolute atomic E-state index is 12.3. The average Bonchev–Trinajstić information content (AvgIpc) is 2.88. The molecular weight excluding hydrogens is 278 g/mol. The van der Waals surface area contributed by atoms with Crippen LogP contribution in [0, 0.1) is 0 Å². The summed E-state index contributed by atoms with van der Waals surface area (Å²) in [7, 11) is -2.00. The highest BCUT2D eigenvalue weighted by atomic mass is 35.5. The highest BCUT2D eigenvalue weighted by Crippen LogP contribution is 2.23. The lowest BCUT2D eigenvalue weighted by Gasteiger charge is -2.29. The molecule has 0 saturated carbocycles. The van der Waals surface area contributed by atoms with Crippen molar-refractivity contribution in [2.75, 3.05) is 20.3 Å². The lowest BCUT2D eigenvalue weighted by molar-refractivity contribution is 0.0629. The van der Waals surface area contributed by atoms with Crippen molar-refractivity contribution in [2.24, 2.45) is 0 Å². The van der Waals surface area contributed by atoms with E-state index in [2.05, 4.69) is 0 Å². The minimum absolute atomic E-state index is 0.0340. The maximum atomic E-state index is 12.3. The molecule has 0 bridgehead atoms. The molecule has 0 amide bonds. The standard InChI is InChI=1S/C11H16ClNO4S/c1-13(9-4-6-16-7-5-9)18(14,15)11-3-2-10(8-12)17-11/h2-3,9H,4-8H2,1H3. The van der Waals surface area contributed by atoms with E-state index in [4.69, 9.17) is 20.8 Å². The Morgan fingerprint density at radius 3 is 2.61 bits per heavy atom. The number of hydrogen-bond donors (Lipinski definition) is 0. The zero-order valence-electron chi connectivity index (χ0n) is 10.1. The minimum atomic E-state index is -3.58. The summed E-state index contributed by atoms with van der Waals surface area (Å²) in [4.78, 5) is 0. The molecule has 0 radical (unpaired) electrons. The smallest absolute Gasteiger partial charge is 0.276 e. The minimum Gasteiger partial charge on any atom is -0.447 e. The van der Waals surface area contributed by atoms with E-state index in [0.717, 1.165) is 0 Å². The molecule has 0 N–H and O–H groups in total. The number of nitrogens with zero attached hydrogens (tertiary/aromatic N) is 1. The van der Waals surface area contributed by atoms with Gasteiger partial charge in [0.2, 0.25) is 5.09 Å². The Morgan fingerprint density at radius 1 is 1.39 bits per heavy atom. The number of alkyl halides is 1. The van der Waals surface area contributed by atoms with E-state index in [1.165, 1.54) is 10.4 Å². The first-order valence-electron chi connectivity index (χ1n) is 5.76.